The van der Waals surface area contributed by atoms with Crippen molar-refractivity contribution in [2.24, 2.45) is 16.7 Å². The first kappa shape index (κ1) is 50.0. The van der Waals surface area contributed by atoms with Crippen LogP contribution in [0.25, 0.3) is 0 Å². The van der Waals surface area contributed by atoms with Gasteiger partial charge in [-0.15, -0.1) is 0 Å². The number of likely N-dealkylation sites (tertiary alicyclic amines) is 1. The molecule has 1 aromatic carbocycles. The van der Waals surface area contributed by atoms with Gasteiger partial charge in [-0.3, -0.25) is 0 Å². The zero-order chi connectivity index (χ0) is 46.0. The Balaban J connectivity index is 0.982. The van der Waals surface area contributed by atoms with Gasteiger partial charge in [0.05, 0.1) is 18.8 Å². The quantitative estimate of drug-likeness (QED) is 0.120. The van der Waals surface area contributed by atoms with Crippen molar-refractivity contribution in [1.29, 1.82) is 0 Å². The third kappa shape index (κ3) is 15.9. The van der Waals surface area contributed by atoms with E-state index in [1.165, 1.54) is 38.0 Å². The van der Waals surface area contributed by atoms with Crippen LogP contribution >= 0.6 is 0 Å². The Morgan fingerprint density at radius 1 is 0.635 bits per heavy atom. The summed E-state index contributed by atoms with van der Waals surface area (Å²) in [4.78, 5) is 7.31. The summed E-state index contributed by atoms with van der Waals surface area (Å²) < 4.78 is 25.9. The third-order valence-electron chi connectivity index (χ3n) is 13.8. The Labute approximate surface area is 384 Å². The van der Waals surface area contributed by atoms with Gasteiger partial charge in [0.25, 0.3) is 0 Å². The molecule has 63 heavy (non-hydrogen) atoms. The molecule has 4 fully saturated rings. The van der Waals surface area contributed by atoms with E-state index in [-0.39, 0.29) is 39.7 Å². The fraction of sp³-hybridized carbons (Fsp3) is 0.796. The Bertz CT molecular complexity index is 1740. The molecule has 9 nitrogen and oxygen atoms in total. The van der Waals surface area contributed by atoms with E-state index in [9.17, 15) is 0 Å². The Morgan fingerprint density at radius 2 is 1.24 bits per heavy atom. The van der Waals surface area contributed by atoms with Crippen LogP contribution in [0.3, 0.4) is 0 Å². The fourth-order valence-corrected chi connectivity index (χ4v) is 10.2. The van der Waals surface area contributed by atoms with Crippen molar-refractivity contribution in [3.05, 3.63) is 48.2 Å². The predicted octanol–water partition coefficient (Wildman–Crippen LogP) is 10.9. The summed E-state index contributed by atoms with van der Waals surface area (Å²) in [5, 5.41) is 12.2. The SMILES string of the molecule is CC(C)(C)COc1cccc(O[C@H]2C[C@@H](NC(C)(C)CC3[C@H](NC(C)(C)CCC(C)(C)N[C@H]4C[C@H](OC5CCN(CC(C)(C)C)CC5)C4)C[C@H]3Oc3cc(C(C)(C)C)ccn3)C2)c1. The minimum absolute atomic E-state index is 0.0183. The number of nitrogens with one attached hydrogen (secondary N) is 3. The van der Waals surface area contributed by atoms with Crippen LogP contribution in [-0.2, 0) is 10.2 Å². The van der Waals surface area contributed by atoms with Gasteiger partial charge >= 0.3 is 0 Å². The predicted molar refractivity (Wildman–Crippen MR) is 260 cm³/mol. The van der Waals surface area contributed by atoms with Crippen molar-refractivity contribution in [2.75, 3.05) is 26.2 Å². The number of aromatic nitrogens is 1. The molecule has 1 saturated heterocycles. The zero-order valence-corrected chi connectivity index (χ0v) is 42.6. The van der Waals surface area contributed by atoms with Crippen molar-refractivity contribution >= 4 is 0 Å². The highest BCUT2D eigenvalue weighted by Gasteiger charge is 2.48. The van der Waals surface area contributed by atoms with Crippen molar-refractivity contribution in [3.63, 3.8) is 0 Å². The number of hydrogen-bond donors (Lipinski definition) is 3. The average molecular weight is 874 g/mol. The summed E-state index contributed by atoms with van der Waals surface area (Å²) in [7, 11) is 0. The van der Waals surface area contributed by atoms with Crippen molar-refractivity contribution in [1.82, 2.24) is 25.8 Å². The lowest BCUT2D eigenvalue weighted by molar-refractivity contribution is -0.0888. The molecular formula is C54H91N5O4. The van der Waals surface area contributed by atoms with E-state index in [0.29, 0.717) is 48.3 Å². The number of ether oxygens (including phenoxy) is 4. The standard InChI is InChI=1S/C54H91N5O4/c1-49(2,3)35-59-25-20-40(21-26-59)61-43-28-38(29-43)56-52(10,11)22-23-53(12,13)58-46-33-47(63-48-27-37(19-24-55-48)51(7,8)9)45(46)34-54(14,15)57-39-30-44(31-39)62-42-18-16-17-41(32-42)60-36-50(4,5)6/h16-19,24,27,32,38-40,43-47,56-58H,20-23,25-26,28-31,33-36H2,1-15H3/t38-,39-,43-,44+,45?,46-,47-/m1/s1. The van der Waals surface area contributed by atoms with Crippen molar-refractivity contribution in [3.8, 4) is 17.4 Å². The summed E-state index contributed by atoms with van der Waals surface area (Å²) in [5.41, 5.74) is 1.72. The molecular weight excluding hydrogens is 783 g/mol. The highest BCUT2D eigenvalue weighted by molar-refractivity contribution is 5.33. The molecule has 3 N–H and O–H groups in total. The van der Waals surface area contributed by atoms with Crippen LogP contribution in [-0.4, -0.2) is 95.3 Å². The van der Waals surface area contributed by atoms with Crippen molar-refractivity contribution < 1.29 is 18.9 Å². The van der Waals surface area contributed by atoms with E-state index >= 15 is 0 Å². The van der Waals surface area contributed by atoms with Crippen LogP contribution in [0, 0.1) is 16.7 Å². The molecule has 3 atom stereocenters. The molecule has 2 aromatic rings. The summed E-state index contributed by atoms with van der Waals surface area (Å²) in [6, 6.07) is 13.7. The second kappa shape index (κ2) is 19.8. The van der Waals surface area contributed by atoms with Crippen LogP contribution in [0.2, 0.25) is 0 Å². The molecule has 1 aromatic heterocycles. The fourth-order valence-electron chi connectivity index (χ4n) is 10.2. The lowest BCUT2D eigenvalue weighted by Crippen LogP contribution is -2.64. The van der Waals surface area contributed by atoms with E-state index in [0.717, 1.165) is 68.7 Å². The smallest absolute Gasteiger partial charge is 0.213 e. The number of rotatable bonds is 20. The molecule has 356 valence electrons. The normalized spacial score (nSPS) is 26.7. The molecule has 0 bridgehead atoms. The van der Waals surface area contributed by atoms with Gasteiger partial charge in [-0.25, -0.2) is 4.98 Å². The second-order valence-corrected chi connectivity index (χ2v) is 25.8. The van der Waals surface area contributed by atoms with Crippen LogP contribution < -0.4 is 30.2 Å². The van der Waals surface area contributed by atoms with Crippen LogP contribution in [0.4, 0.5) is 0 Å². The van der Waals surface area contributed by atoms with Gasteiger partial charge in [-0.05, 0) is 139 Å². The molecule has 0 radical (unpaired) electrons. The van der Waals surface area contributed by atoms with Gasteiger partial charge in [-0.2, -0.15) is 0 Å². The third-order valence-corrected chi connectivity index (χ3v) is 13.8. The molecule has 2 heterocycles. The van der Waals surface area contributed by atoms with Gasteiger partial charge in [0, 0.05) is 85.0 Å². The minimum atomic E-state index is -0.0757. The van der Waals surface area contributed by atoms with E-state index in [1.807, 2.05) is 30.5 Å². The first-order valence-electron chi connectivity index (χ1n) is 24.9. The molecule has 0 amide bonds. The molecule has 9 heteroatoms. The van der Waals surface area contributed by atoms with Gasteiger partial charge in [-0.1, -0.05) is 68.4 Å². The number of nitrogens with zero attached hydrogens (tertiary/aromatic N) is 2. The van der Waals surface area contributed by atoms with E-state index in [1.54, 1.807) is 0 Å². The Morgan fingerprint density at radius 3 is 1.86 bits per heavy atom. The number of pyridine rings is 1. The highest BCUT2D eigenvalue weighted by Crippen LogP contribution is 2.41. The van der Waals surface area contributed by atoms with Crippen LogP contribution in [0.15, 0.2) is 42.6 Å². The Kier molecular flexibility index (Phi) is 15.7. The molecule has 1 aliphatic heterocycles. The monoisotopic (exact) mass is 874 g/mol. The largest absolute Gasteiger partial charge is 0.493 e. The molecule has 0 spiro atoms. The first-order valence-corrected chi connectivity index (χ1v) is 24.9. The van der Waals surface area contributed by atoms with E-state index < -0.39 is 0 Å². The maximum absolute atomic E-state index is 6.79. The summed E-state index contributed by atoms with van der Waals surface area (Å²) >= 11 is 0. The molecule has 3 aliphatic carbocycles. The first-order chi connectivity index (χ1) is 29.2. The molecule has 1 unspecified atom stereocenters. The molecule has 6 rings (SSSR count). The Hall–Kier alpha value is -2.43. The van der Waals surface area contributed by atoms with Crippen LogP contribution in [0.5, 0.6) is 17.4 Å². The molecule has 3 saturated carbocycles. The van der Waals surface area contributed by atoms with Gasteiger partial charge in [0.15, 0.2) is 0 Å². The van der Waals surface area contributed by atoms with E-state index in [4.69, 9.17) is 18.9 Å². The average Bonchev–Trinajstić information content (AvgIpc) is 3.13. The van der Waals surface area contributed by atoms with E-state index in [2.05, 4.69) is 142 Å². The minimum Gasteiger partial charge on any atom is -0.493 e. The maximum atomic E-state index is 6.79. The number of piperidine rings is 1. The van der Waals surface area contributed by atoms with Gasteiger partial charge in [0.2, 0.25) is 5.88 Å². The molecule has 4 aliphatic rings. The second-order valence-electron chi connectivity index (χ2n) is 25.8. The highest BCUT2D eigenvalue weighted by atomic mass is 16.5. The number of hydrogen-bond acceptors (Lipinski definition) is 9. The van der Waals surface area contributed by atoms with Crippen molar-refractivity contribution in [2.45, 2.75) is 233 Å². The summed E-state index contributed by atoms with van der Waals surface area (Å²) in [6.07, 6.45) is 13.8. The summed E-state index contributed by atoms with van der Waals surface area (Å²) in [6.45, 7) is 38.8. The van der Waals surface area contributed by atoms with Gasteiger partial charge < -0.3 is 39.8 Å². The number of benzene rings is 1. The lowest BCUT2D eigenvalue weighted by atomic mass is 9.69. The van der Waals surface area contributed by atoms with Crippen LogP contribution in [0.1, 0.15) is 174 Å². The lowest BCUT2D eigenvalue weighted by Gasteiger charge is -2.51. The summed E-state index contributed by atoms with van der Waals surface area (Å²) in [5.74, 6) is 2.84. The topological polar surface area (TPSA) is 89.1 Å². The maximum Gasteiger partial charge on any atom is 0.213 e. The zero-order valence-electron chi connectivity index (χ0n) is 42.6. The van der Waals surface area contributed by atoms with Gasteiger partial charge in [0.1, 0.15) is 23.7 Å².